The largest absolute Gasteiger partial charge is 0.391 e. The lowest BCUT2D eigenvalue weighted by atomic mass is 9.85. The lowest BCUT2D eigenvalue weighted by Crippen LogP contribution is -2.50. The molecule has 3 atom stereocenters. The van der Waals surface area contributed by atoms with Crippen LogP contribution < -0.4 is 5.32 Å². The van der Waals surface area contributed by atoms with Crippen LogP contribution in [0.3, 0.4) is 0 Å². The second kappa shape index (κ2) is 10.7. The van der Waals surface area contributed by atoms with Crippen molar-refractivity contribution >= 4 is 11.8 Å². The molecule has 0 radical (unpaired) electrons. The molecule has 36 heavy (non-hydrogen) atoms. The molecule has 2 heterocycles. The molecule has 1 aromatic carbocycles. The van der Waals surface area contributed by atoms with Gasteiger partial charge in [-0.3, -0.25) is 9.59 Å². The third kappa shape index (κ3) is 6.31. The number of likely N-dealkylation sites (tertiary alicyclic amines) is 1. The number of carbonyl (C=O) groups is 2. The highest BCUT2D eigenvalue weighted by Gasteiger charge is 2.45. The van der Waals surface area contributed by atoms with E-state index < -0.39 is 23.6 Å². The van der Waals surface area contributed by atoms with Crippen LogP contribution in [-0.2, 0) is 22.6 Å². The number of hydrogen-bond donors (Lipinski definition) is 2. The molecule has 0 unspecified atom stereocenters. The van der Waals surface area contributed by atoms with Gasteiger partial charge in [-0.05, 0) is 49.9 Å². The summed E-state index contributed by atoms with van der Waals surface area (Å²) in [4.78, 5) is 30.7. The smallest absolute Gasteiger partial charge is 0.248 e. The first-order valence-electron chi connectivity index (χ1n) is 12.9. The fourth-order valence-electron chi connectivity index (χ4n) is 4.81. The molecule has 1 aliphatic carbocycles. The second-order valence-corrected chi connectivity index (χ2v) is 11.6. The lowest BCUT2D eigenvalue weighted by Gasteiger charge is -2.34. The van der Waals surface area contributed by atoms with Crippen molar-refractivity contribution in [1.29, 1.82) is 0 Å². The van der Waals surface area contributed by atoms with Gasteiger partial charge in [0.2, 0.25) is 11.8 Å². The molecule has 2 amide bonds. The lowest BCUT2D eigenvalue weighted by molar-refractivity contribution is -0.144. The molecule has 1 saturated carbocycles. The molecule has 2 fully saturated rings. The standard InChI is InChI=1S/C27H40N6O3/c1-27(2,3)24(33-17-22(29-30-33)20-10-11-20)26(36)32-16-21(34)14-23(32)25(35)28-15-19-8-6-18(7-9-19)12-13-31(4)5/h6-9,17,20-21,23-24,34H,10-16H2,1-5H3,(H,28,35)/t21-,23+,24-/m1/s1. The predicted molar refractivity (Wildman–Crippen MR) is 137 cm³/mol. The number of aliphatic hydroxyl groups is 1. The normalized spacial score (nSPS) is 21.1. The number of aromatic nitrogens is 3. The minimum Gasteiger partial charge on any atom is -0.391 e. The topological polar surface area (TPSA) is 104 Å². The van der Waals surface area contributed by atoms with Crippen LogP contribution in [0.2, 0.25) is 0 Å². The van der Waals surface area contributed by atoms with Crippen LogP contribution in [0.1, 0.15) is 68.8 Å². The van der Waals surface area contributed by atoms with Crippen molar-refractivity contribution in [1.82, 2.24) is 30.1 Å². The summed E-state index contributed by atoms with van der Waals surface area (Å²) in [5.74, 6) is -0.0261. The molecule has 2 aliphatic rings. The average molecular weight is 497 g/mol. The van der Waals surface area contributed by atoms with Gasteiger partial charge in [-0.25, -0.2) is 4.68 Å². The molecular weight excluding hydrogens is 456 g/mol. The minimum atomic E-state index is -0.737. The summed E-state index contributed by atoms with van der Waals surface area (Å²) < 4.78 is 1.65. The Kier molecular flexibility index (Phi) is 7.80. The van der Waals surface area contributed by atoms with E-state index in [2.05, 4.69) is 46.8 Å². The van der Waals surface area contributed by atoms with Crippen molar-refractivity contribution in [3.8, 4) is 0 Å². The first-order valence-corrected chi connectivity index (χ1v) is 12.9. The van der Waals surface area contributed by atoms with Gasteiger partial charge < -0.3 is 20.2 Å². The molecule has 2 aromatic rings. The molecular formula is C27H40N6O3. The maximum absolute atomic E-state index is 13.8. The van der Waals surface area contributed by atoms with Gasteiger partial charge in [0, 0.05) is 38.2 Å². The van der Waals surface area contributed by atoms with E-state index in [0.717, 1.165) is 37.1 Å². The van der Waals surface area contributed by atoms with E-state index in [1.165, 1.54) is 10.5 Å². The fourth-order valence-corrected chi connectivity index (χ4v) is 4.81. The van der Waals surface area contributed by atoms with Crippen LogP contribution in [0.15, 0.2) is 30.5 Å². The van der Waals surface area contributed by atoms with Crippen LogP contribution >= 0.6 is 0 Å². The Hall–Kier alpha value is -2.78. The van der Waals surface area contributed by atoms with Crippen LogP contribution in [0.5, 0.6) is 0 Å². The van der Waals surface area contributed by atoms with Gasteiger partial charge in [-0.1, -0.05) is 50.3 Å². The maximum Gasteiger partial charge on any atom is 0.248 e. The van der Waals surface area contributed by atoms with Crippen molar-refractivity contribution in [2.75, 3.05) is 27.2 Å². The summed E-state index contributed by atoms with van der Waals surface area (Å²) in [5.41, 5.74) is 2.71. The van der Waals surface area contributed by atoms with Crippen LogP contribution in [0.4, 0.5) is 0 Å². The monoisotopic (exact) mass is 496 g/mol. The van der Waals surface area contributed by atoms with Crippen molar-refractivity contribution in [2.24, 2.45) is 5.41 Å². The molecule has 1 aromatic heterocycles. The number of amides is 2. The van der Waals surface area contributed by atoms with E-state index in [4.69, 9.17) is 0 Å². The summed E-state index contributed by atoms with van der Waals surface area (Å²) in [6.45, 7) is 7.44. The van der Waals surface area contributed by atoms with Crippen molar-refractivity contribution in [3.05, 3.63) is 47.3 Å². The number of likely N-dealkylation sites (N-methyl/N-ethyl adjacent to an activating group) is 1. The minimum absolute atomic E-state index is 0.133. The highest BCUT2D eigenvalue weighted by Crippen LogP contribution is 2.40. The zero-order chi connectivity index (χ0) is 26.0. The zero-order valence-corrected chi connectivity index (χ0v) is 22.1. The molecule has 9 nitrogen and oxygen atoms in total. The summed E-state index contributed by atoms with van der Waals surface area (Å²) in [5, 5.41) is 22.0. The van der Waals surface area contributed by atoms with Gasteiger partial charge in [-0.2, -0.15) is 0 Å². The molecule has 0 bridgehead atoms. The van der Waals surface area contributed by atoms with Gasteiger partial charge >= 0.3 is 0 Å². The van der Waals surface area contributed by atoms with Gasteiger partial charge in [0.05, 0.1) is 11.8 Å². The van der Waals surface area contributed by atoms with Crippen LogP contribution in [0, 0.1) is 5.41 Å². The summed E-state index contributed by atoms with van der Waals surface area (Å²) in [6.07, 6.45) is 4.54. The number of hydrogen-bond acceptors (Lipinski definition) is 6. The third-order valence-electron chi connectivity index (χ3n) is 7.04. The predicted octanol–water partition coefficient (Wildman–Crippen LogP) is 2.12. The number of aliphatic hydroxyl groups excluding tert-OH is 1. The van der Waals surface area contributed by atoms with Crippen molar-refractivity contribution < 1.29 is 14.7 Å². The third-order valence-corrected chi connectivity index (χ3v) is 7.04. The van der Waals surface area contributed by atoms with Crippen molar-refractivity contribution in [3.63, 3.8) is 0 Å². The quantitative estimate of drug-likeness (QED) is 0.551. The van der Waals surface area contributed by atoms with Gasteiger partial charge in [-0.15, -0.1) is 5.10 Å². The number of benzene rings is 1. The van der Waals surface area contributed by atoms with Crippen LogP contribution in [-0.4, -0.2) is 81.0 Å². The molecule has 1 saturated heterocycles. The Balaban J connectivity index is 1.42. The maximum atomic E-state index is 13.8. The Morgan fingerprint density at radius 1 is 1.17 bits per heavy atom. The first-order chi connectivity index (χ1) is 17.0. The zero-order valence-electron chi connectivity index (χ0n) is 22.1. The molecule has 4 rings (SSSR count). The number of rotatable bonds is 9. The number of nitrogens with one attached hydrogen (secondary N) is 1. The molecule has 196 valence electrons. The van der Waals surface area contributed by atoms with E-state index in [9.17, 15) is 14.7 Å². The Morgan fingerprint density at radius 3 is 2.44 bits per heavy atom. The van der Waals surface area contributed by atoms with Gasteiger partial charge in [0.25, 0.3) is 0 Å². The summed E-state index contributed by atoms with van der Waals surface area (Å²) >= 11 is 0. The van der Waals surface area contributed by atoms with E-state index in [1.807, 2.05) is 39.1 Å². The first kappa shape index (κ1) is 26.3. The van der Waals surface area contributed by atoms with E-state index in [1.54, 1.807) is 4.68 Å². The molecule has 2 N–H and O–H groups in total. The SMILES string of the molecule is CN(C)CCc1ccc(CNC(=O)[C@@H]2C[C@@H](O)CN2C(=O)[C@@H](n2cc(C3CC3)nn2)C(C)(C)C)cc1. The Morgan fingerprint density at radius 2 is 1.83 bits per heavy atom. The summed E-state index contributed by atoms with van der Waals surface area (Å²) in [6, 6.07) is 6.88. The number of β-amino-alcohol motifs (C(OH)–C–C–N with tert-alkyl or cyclic N) is 1. The highest BCUT2D eigenvalue weighted by atomic mass is 16.3. The number of nitrogens with zero attached hydrogens (tertiary/aromatic N) is 5. The number of carbonyl (C=O) groups excluding carboxylic acids is 2. The van der Waals surface area contributed by atoms with Gasteiger partial charge in [0.15, 0.2) is 0 Å². The van der Waals surface area contributed by atoms with E-state index in [0.29, 0.717) is 12.5 Å². The van der Waals surface area contributed by atoms with E-state index in [-0.39, 0.29) is 24.8 Å². The highest BCUT2D eigenvalue weighted by molar-refractivity contribution is 5.90. The molecule has 9 heteroatoms. The van der Waals surface area contributed by atoms with Crippen molar-refractivity contribution in [2.45, 2.75) is 77.1 Å². The Labute approximate surface area is 213 Å². The second-order valence-electron chi connectivity index (χ2n) is 11.6. The van der Waals surface area contributed by atoms with E-state index >= 15 is 0 Å². The summed E-state index contributed by atoms with van der Waals surface area (Å²) in [7, 11) is 4.11. The average Bonchev–Trinajstić information content (AvgIpc) is 3.43. The fraction of sp³-hybridized carbons (Fsp3) is 0.630. The van der Waals surface area contributed by atoms with Gasteiger partial charge in [0.1, 0.15) is 12.1 Å². The Bertz CT molecular complexity index is 1050. The molecule has 0 spiro atoms. The molecule has 1 aliphatic heterocycles. The van der Waals surface area contributed by atoms with Crippen LogP contribution in [0.25, 0.3) is 0 Å².